The highest BCUT2D eigenvalue weighted by Crippen LogP contribution is 2.14. The standard InChI is InChI=1S/C15H25ClN2/c1-5-18(6-2)11-13(4)17-10-14-7-12(3)8-15(16)9-14/h7-9,13,17H,5-6,10-11H2,1-4H3. The Labute approximate surface area is 116 Å². The van der Waals surface area contributed by atoms with E-state index in [2.05, 4.69) is 44.0 Å². The summed E-state index contributed by atoms with van der Waals surface area (Å²) in [6.07, 6.45) is 0. The van der Waals surface area contributed by atoms with Crippen LogP contribution in [0.25, 0.3) is 0 Å². The van der Waals surface area contributed by atoms with E-state index in [0.29, 0.717) is 6.04 Å². The van der Waals surface area contributed by atoms with E-state index in [-0.39, 0.29) is 0 Å². The number of benzene rings is 1. The Hall–Kier alpha value is -0.570. The maximum absolute atomic E-state index is 6.06. The first-order chi connectivity index (χ1) is 8.55. The fraction of sp³-hybridized carbons (Fsp3) is 0.600. The summed E-state index contributed by atoms with van der Waals surface area (Å²) >= 11 is 6.06. The van der Waals surface area contributed by atoms with Crippen LogP contribution in [0.1, 0.15) is 31.9 Å². The number of rotatable bonds is 7. The number of nitrogens with zero attached hydrogens (tertiary/aromatic N) is 1. The Morgan fingerprint density at radius 3 is 2.44 bits per heavy atom. The molecule has 1 aromatic carbocycles. The summed E-state index contributed by atoms with van der Waals surface area (Å²) in [7, 11) is 0. The van der Waals surface area contributed by atoms with E-state index in [4.69, 9.17) is 11.6 Å². The van der Waals surface area contributed by atoms with Gasteiger partial charge in [0.05, 0.1) is 0 Å². The van der Waals surface area contributed by atoms with Crippen molar-refractivity contribution in [3.63, 3.8) is 0 Å². The molecule has 0 aliphatic carbocycles. The van der Waals surface area contributed by atoms with E-state index in [1.807, 2.05) is 12.1 Å². The summed E-state index contributed by atoms with van der Waals surface area (Å²) in [5.41, 5.74) is 2.47. The second kappa shape index (κ2) is 7.78. The molecule has 1 aromatic rings. The summed E-state index contributed by atoms with van der Waals surface area (Å²) in [6, 6.07) is 6.70. The molecule has 0 aliphatic rings. The number of halogens is 1. The largest absolute Gasteiger partial charge is 0.309 e. The lowest BCUT2D eigenvalue weighted by atomic mass is 10.1. The van der Waals surface area contributed by atoms with Crippen LogP contribution in [0.15, 0.2) is 18.2 Å². The maximum Gasteiger partial charge on any atom is 0.0411 e. The van der Waals surface area contributed by atoms with Gasteiger partial charge in [0.2, 0.25) is 0 Å². The Bertz CT molecular complexity index is 341. The molecule has 18 heavy (non-hydrogen) atoms. The number of likely N-dealkylation sites (N-methyl/N-ethyl adjacent to an activating group) is 1. The zero-order valence-electron chi connectivity index (χ0n) is 12.0. The van der Waals surface area contributed by atoms with Crippen LogP contribution in [-0.2, 0) is 6.54 Å². The monoisotopic (exact) mass is 268 g/mol. The molecule has 0 bridgehead atoms. The highest BCUT2D eigenvalue weighted by Gasteiger charge is 2.06. The van der Waals surface area contributed by atoms with Gasteiger partial charge in [-0.25, -0.2) is 0 Å². The van der Waals surface area contributed by atoms with Gasteiger partial charge in [0.1, 0.15) is 0 Å². The topological polar surface area (TPSA) is 15.3 Å². The fourth-order valence-electron chi connectivity index (χ4n) is 2.14. The summed E-state index contributed by atoms with van der Waals surface area (Å²) in [4.78, 5) is 2.43. The van der Waals surface area contributed by atoms with Gasteiger partial charge in [-0.15, -0.1) is 0 Å². The van der Waals surface area contributed by atoms with E-state index in [9.17, 15) is 0 Å². The van der Waals surface area contributed by atoms with Crippen molar-refractivity contribution in [2.24, 2.45) is 0 Å². The summed E-state index contributed by atoms with van der Waals surface area (Å²) in [5, 5.41) is 4.37. The molecule has 3 heteroatoms. The molecule has 1 N–H and O–H groups in total. The van der Waals surface area contributed by atoms with Crippen LogP contribution in [0.4, 0.5) is 0 Å². The summed E-state index contributed by atoms with van der Waals surface area (Å²) in [5.74, 6) is 0. The van der Waals surface area contributed by atoms with Crippen LogP contribution < -0.4 is 5.32 Å². The predicted octanol–water partition coefficient (Wildman–Crippen LogP) is 3.47. The SMILES string of the molecule is CCN(CC)CC(C)NCc1cc(C)cc(Cl)c1. The molecule has 0 amide bonds. The first-order valence-electron chi connectivity index (χ1n) is 6.77. The minimum absolute atomic E-state index is 0.490. The third kappa shape index (κ3) is 5.38. The minimum atomic E-state index is 0.490. The van der Waals surface area contributed by atoms with Crippen LogP contribution in [-0.4, -0.2) is 30.6 Å². The van der Waals surface area contributed by atoms with Crippen molar-refractivity contribution in [2.45, 2.75) is 40.3 Å². The van der Waals surface area contributed by atoms with Crippen molar-refractivity contribution in [1.82, 2.24) is 10.2 Å². The average molecular weight is 269 g/mol. The second-order valence-electron chi connectivity index (χ2n) is 4.90. The van der Waals surface area contributed by atoms with Crippen molar-refractivity contribution in [1.29, 1.82) is 0 Å². The minimum Gasteiger partial charge on any atom is -0.309 e. The fourth-order valence-corrected chi connectivity index (χ4v) is 2.45. The van der Waals surface area contributed by atoms with E-state index in [1.165, 1.54) is 11.1 Å². The van der Waals surface area contributed by atoms with Gasteiger partial charge in [-0.05, 0) is 50.2 Å². The van der Waals surface area contributed by atoms with E-state index in [1.54, 1.807) is 0 Å². The normalized spacial score (nSPS) is 13.0. The van der Waals surface area contributed by atoms with Gasteiger partial charge in [0, 0.05) is 24.2 Å². The number of aryl methyl sites for hydroxylation is 1. The van der Waals surface area contributed by atoms with Gasteiger partial charge in [0.25, 0.3) is 0 Å². The second-order valence-corrected chi connectivity index (χ2v) is 5.34. The lowest BCUT2D eigenvalue weighted by Crippen LogP contribution is -2.38. The Morgan fingerprint density at radius 2 is 1.89 bits per heavy atom. The number of hydrogen-bond acceptors (Lipinski definition) is 2. The Balaban J connectivity index is 2.44. The van der Waals surface area contributed by atoms with E-state index >= 15 is 0 Å². The van der Waals surface area contributed by atoms with Crippen molar-refractivity contribution < 1.29 is 0 Å². The lowest BCUT2D eigenvalue weighted by molar-refractivity contribution is 0.270. The molecule has 0 aliphatic heterocycles. The molecule has 1 unspecified atom stereocenters. The molecule has 1 atom stereocenters. The molecule has 102 valence electrons. The smallest absolute Gasteiger partial charge is 0.0411 e. The van der Waals surface area contributed by atoms with Crippen LogP contribution >= 0.6 is 11.6 Å². The molecule has 0 saturated carbocycles. The van der Waals surface area contributed by atoms with Crippen LogP contribution in [0.2, 0.25) is 5.02 Å². The highest BCUT2D eigenvalue weighted by molar-refractivity contribution is 6.30. The third-order valence-corrected chi connectivity index (χ3v) is 3.40. The molecule has 1 rings (SSSR count). The molecule has 0 heterocycles. The van der Waals surface area contributed by atoms with Crippen molar-refractivity contribution >= 4 is 11.6 Å². The van der Waals surface area contributed by atoms with E-state index < -0.39 is 0 Å². The third-order valence-electron chi connectivity index (χ3n) is 3.18. The summed E-state index contributed by atoms with van der Waals surface area (Å²) < 4.78 is 0. The number of hydrogen-bond donors (Lipinski definition) is 1. The zero-order chi connectivity index (χ0) is 13.5. The molecule has 0 fully saturated rings. The highest BCUT2D eigenvalue weighted by atomic mass is 35.5. The van der Waals surface area contributed by atoms with Crippen LogP contribution in [0, 0.1) is 6.92 Å². The Morgan fingerprint density at radius 1 is 1.22 bits per heavy atom. The van der Waals surface area contributed by atoms with Crippen LogP contribution in [0.3, 0.4) is 0 Å². The van der Waals surface area contributed by atoms with Gasteiger partial charge >= 0.3 is 0 Å². The molecule has 2 nitrogen and oxygen atoms in total. The lowest BCUT2D eigenvalue weighted by Gasteiger charge is -2.23. The molecule has 0 saturated heterocycles. The van der Waals surface area contributed by atoms with Crippen molar-refractivity contribution in [3.8, 4) is 0 Å². The number of nitrogens with one attached hydrogen (secondary N) is 1. The molecular formula is C15H25ClN2. The van der Waals surface area contributed by atoms with Crippen molar-refractivity contribution in [2.75, 3.05) is 19.6 Å². The van der Waals surface area contributed by atoms with Crippen molar-refractivity contribution in [3.05, 3.63) is 34.3 Å². The van der Waals surface area contributed by atoms with E-state index in [0.717, 1.165) is 31.2 Å². The molecular weight excluding hydrogens is 244 g/mol. The summed E-state index contributed by atoms with van der Waals surface area (Å²) in [6.45, 7) is 12.9. The van der Waals surface area contributed by atoms with Gasteiger partial charge in [-0.1, -0.05) is 31.5 Å². The molecule has 0 spiro atoms. The quantitative estimate of drug-likeness (QED) is 0.815. The predicted molar refractivity (Wildman–Crippen MR) is 80.3 cm³/mol. The molecule has 0 aromatic heterocycles. The average Bonchev–Trinajstić information content (AvgIpc) is 2.32. The van der Waals surface area contributed by atoms with Crippen LogP contribution in [0.5, 0.6) is 0 Å². The first kappa shape index (κ1) is 15.5. The first-order valence-corrected chi connectivity index (χ1v) is 7.14. The van der Waals surface area contributed by atoms with Gasteiger partial charge in [-0.3, -0.25) is 0 Å². The van der Waals surface area contributed by atoms with Gasteiger partial charge < -0.3 is 10.2 Å². The Kier molecular flexibility index (Phi) is 6.69. The van der Waals surface area contributed by atoms with Gasteiger partial charge in [-0.2, -0.15) is 0 Å². The molecule has 0 radical (unpaired) electrons. The van der Waals surface area contributed by atoms with Gasteiger partial charge in [0.15, 0.2) is 0 Å². The maximum atomic E-state index is 6.06. The zero-order valence-corrected chi connectivity index (χ0v) is 12.7.